The lowest BCUT2D eigenvalue weighted by atomic mass is 9.98. The predicted molar refractivity (Wildman–Crippen MR) is 85.8 cm³/mol. The number of halogens is 2. The molecule has 0 spiro atoms. The third-order valence-corrected chi connectivity index (χ3v) is 4.51. The van der Waals surface area contributed by atoms with Gasteiger partial charge in [0.15, 0.2) is 0 Å². The molecule has 0 amide bonds. The first-order valence-corrected chi connectivity index (χ1v) is 7.45. The van der Waals surface area contributed by atoms with Gasteiger partial charge in [-0.1, -0.05) is 57.9 Å². The van der Waals surface area contributed by atoms with Crippen LogP contribution in [-0.2, 0) is 6.42 Å². The number of benzene rings is 2. The highest BCUT2D eigenvalue weighted by molar-refractivity contribution is 9.10. The van der Waals surface area contributed by atoms with Gasteiger partial charge in [0.05, 0.1) is 0 Å². The summed E-state index contributed by atoms with van der Waals surface area (Å²) in [4.78, 5) is 0. The Kier molecular flexibility index (Phi) is 5.03. The molecule has 2 rings (SSSR count). The molecule has 100 valence electrons. The van der Waals surface area contributed by atoms with Crippen LogP contribution in [0.25, 0.3) is 0 Å². The van der Waals surface area contributed by atoms with E-state index in [4.69, 9.17) is 11.6 Å². The molecule has 0 fully saturated rings. The fourth-order valence-corrected chi connectivity index (χ4v) is 2.72. The Bertz CT molecular complexity index is 568. The van der Waals surface area contributed by atoms with E-state index in [1.165, 1.54) is 11.1 Å². The highest BCUT2D eigenvalue weighted by Gasteiger charge is 2.12. The molecule has 1 atom stereocenters. The summed E-state index contributed by atoms with van der Waals surface area (Å²) in [6.07, 6.45) is 0.943. The lowest BCUT2D eigenvalue weighted by Crippen LogP contribution is -2.19. The van der Waals surface area contributed by atoms with Gasteiger partial charge in [0, 0.05) is 15.5 Å². The zero-order chi connectivity index (χ0) is 13.8. The van der Waals surface area contributed by atoms with Gasteiger partial charge in [-0.15, -0.1) is 0 Å². The normalized spacial score (nSPS) is 12.4. The van der Waals surface area contributed by atoms with Crippen molar-refractivity contribution in [2.24, 2.45) is 0 Å². The molecular weight excluding hydrogens is 322 g/mol. The SMILES string of the molecule is CNC(Cc1ccccc1Br)c1ccc(Cl)c(C)c1. The standard InChI is InChI=1S/C16H17BrClN/c1-11-9-13(7-8-15(11)18)16(19-2)10-12-5-3-4-6-14(12)17/h3-9,16,19H,10H2,1-2H3. The molecule has 0 aromatic heterocycles. The van der Waals surface area contributed by atoms with Crippen LogP contribution in [0.3, 0.4) is 0 Å². The fraction of sp³-hybridized carbons (Fsp3) is 0.250. The third kappa shape index (κ3) is 3.59. The molecule has 0 aliphatic carbocycles. The molecule has 0 aliphatic rings. The Balaban J connectivity index is 2.25. The molecule has 1 nitrogen and oxygen atoms in total. The molecule has 0 bridgehead atoms. The minimum Gasteiger partial charge on any atom is -0.313 e. The number of hydrogen-bond donors (Lipinski definition) is 1. The van der Waals surface area contributed by atoms with Gasteiger partial charge in [-0.3, -0.25) is 0 Å². The maximum absolute atomic E-state index is 6.09. The maximum atomic E-state index is 6.09. The average molecular weight is 339 g/mol. The van der Waals surface area contributed by atoms with Crippen LogP contribution < -0.4 is 5.32 Å². The van der Waals surface area contributed by atoms with Crippen molar-refractivity contribution in [1.29, 1.82) is 0 Å². The van der Waals surface area contributed by atoms with Crippen molar-refractivity contribution in [3.05, 3.63) is 68.7 Å². The Morgan fingerprint density at radius 1 is 1.21 bits per heavy atom. The summed E-state index contributed by atoms with van der Waals surface area (Å²) in [7, 11) is 1.99. The zero-order valence-corrected chi connectivity index (χ0v) is 13.4. The van der Waals surface area contributed by atoms with E-state index in [-0.39, 0.29) is 6.04 Å². The molecule has 3 heteroatoms. The monoisotopic (exact) mass is 337 g/mol. The van der Waals surface area contributed by atoms with E-state index in [9.17, 15) is 0 Å². The average Bonchev–Trinajstić information content (AvgIpc) is 2.41. The second kappa shape index (κ2) is 6.56. The number of rotatable bonds is 4. The van der Waals surface area contributed by atoms with Gasteiger partial charge in [-0.25, -0.2) is 0 Å². The fourth-order valence-electron chi connectivity index (χ4n) is 2.16. The second-order valence-corrected chi connectivity index (χ2v) is 5.91. The largest absolute Gasteiger partial charge is 0.313 e. The van der Waals surface area contributed by atoms with Crippen LogP contribution in [0, 0.1) is 6.92 Å². The summed E-state index contributed by atoms with van der Waals surface area (Å²) in [6.45, 7) is 2.04. The lowest BCUT2D eigenvalue weighted by Gasteiger charge is -2.18. The summed E-state index contributed by atoms with van der Waals surface area (Å²) in [5, 5.41) is 4.20. The van der Waals surface area contributed by atoms with Crippen LogP contribution in [0.1, 0.15) is 22.7 Å². The van der Waals surface area contributed by atoms with Gasteiger partial charge in [0.2, 0.25) is 0 Å². The number of aryl methyl sites for hydroxylation is 1. The Morgan fingerprint density at radius 2 is 1.95 bits per heavy atom. The number of nitrogens with one attached hydrogen (secondary N) is 1. The molecular formula is C16H17BrClN. The van der Waals surface area contributed by atoms with Crippen molar-refractivity contribution in [3.63, 3.8) is 0 Å². The van der Waals surface area contributed by atoms with E-state index < -0.39 is 0 Å². The molecule has 0 saturated carbocycles. The predicted octanol–water partition coefficient (Wildman–Crippen LogP) is 4.91. The van der Waals surface area contributed by atoms with Crippen molar-refractivity contribution < 1.29 is 0 Å². The van der Waals surface area contributed by atoms with Gasteiger partial charge in [0.25, 0.3) is 0 Å². The van der Waals surface area contributed by atoms with Gasteiger partial charge in [0.1, 0.15) is 0 Å². The second-order valence-electron chi connectivity index (χ2n) is 4.65. The summed E-state index contributed by atoms with van der Waals surface area (Å²) in [6, 6.07) is 14.8. The molecule has 0 saturated heterocycles. The summed E-state index contributed by atoms with van der Waals surface area (Å²) in [5.74, 6) is 0. The third-order valence-electron chi connectivity index (χ3n) is 3.31. The van der Waals surface area contributed by atoms with E-state index in [0.717, 1.165) is 21.5 Å². The first-order valence-electron chi connectivity index (χ1n) is 6.28. The van der Waals surface area contributed by atoms with Gasteiger partial charge >= 0.3 is 0 Å². The molecule has 2 aromatic carbocycles. The Labute approximate surface area is 128 Å². The van der Waals surface area contributed by atoms with Gasteiger partial charge in [-0.05, 0) is 49.2 Å². The summed E-state index contributed by atoms with van der Waals surface area (Å²) < 4.78 is 1.15. The van der Waals surface area contributed by atoms with E-state index in [1.807, 2.05) is 26.1 Å². The molecule has 1 N–H and O–H groups in total. The van der Waals surface area contributed by atoms with Gasteiger partial charge in [-0.2, -0.15) is 0 Å². The molecule has 0 radical (unpaired) electrons. The van der Waals surface area contributed by atoms with E-state index in [2.05, 4.69) is 51.6 Å². The van der Waals surface area contributed by atoms with Crippen LogP contribution in [0.15, 0.2) is 46.9 Å². The summed E-state index contributed by atoms with van der Waals surface area (Å²) >= 11 is 9.69. The molecule has 1 unspecified atom stereocenters. The highest BCUT2D eigenvalue weighted by Crippen LogP contribution is 2.26. The Morgan fingerprint density at radius 3 is 2.58 bits per heavy atom. The van der Waals surface area contributed by atoms with Gasteiger partial charge < -0.3 is 5.32 Å². The lowest BCUT2D eigenvalue weighted by molar-refractivity contribution is 0.590. The number of likely N-dealkylation sites (N-methyl/N-ethyl adjacent to an activating group) is 1. The summed E-state index contributed by atoms with van der Waals surface area (Å²) in [5.41, 5.74) is 3.68. The van der Waals surface area contributed by atoms with Crippen molar-refractivity contribution in [2.45, 2.75) is 19.4 Å². The smallest absolute Gasteiger partial charge is 0.0435 e. The van der Waals surface area contributed by atoms with Crippen LogP contribution in [0.2, 0.25) is 5.02 Å². The van der Waals surface area contributed by atoms with Crippen molar-refractivity contribution in [1.82, 2.24) is 5.32 Å². The quantitative estimate of drug-likeness (QED) is 0.835. The minimum absolute atomic E-state index is 0.287. The molecule has 0 aliphatic heterocycles. The zero-order valence-electron chi connectivity index (χ0n) is 11.1. The van der Waals surface area contributed by atoms with E-state index in [1.54, 1.807) is 0 Å². The van der Waals surface area contributed by atoms with Crippen LogP contribution >= 0.6 is 27.5 Å². The van der Waals surface area contributed by atoms with Crippen LogP contribution in [0.5, 0.6) is 0 Å². The minimum atomic E-state index is 0.287. The molecule has 19 heavy (non-hydrogen) atoms. The van der Waals surface area contributed by atoms with Crippen molar-refractivity contribution in [2.75, 3.05) is 7.05 Å². The van der Waals surface area contributed by atoms with Crippen molar-refractivity contribution >= 4 is 27.5 Å². The Hall–Kier alpha value is -0.830. The first-order chi connectivity index (χ1) is 9.11. The molecule has 0 heterocycles. The van der Waals surface area contributed by atoms with E-state index >= 15 is 0 Å². The molecule has 2 aromatic rings. The van der Waals surface area contributed by atoms with Crippen LogP contribution in [-0.4, -0.2) is 7.05 Å². The topological polar surface area (TPSA) is 12.0 Å². The maximum Gasteiger partial charge on any atom is 0.0435 e. The van der Waals surface area contributed by atoms with E-state index in [0.29, 0.717) is 0 Å². The first kappa shape index (κ1) is 14.6. The highest BCUT2D eigenvalue weighted by atomic mass is 79.9. The number of hydrogen-bond acceptors (Lipinski definition) is 1. The van der Waals surface area contributed by atoms with Crippen LogP contribution in [0.4, 0.5) is 0 Å². The van der Waals surface area contributed by atoms with Crippen molar-refractivity contribution in [3.8, 4) is 0 Å².